The molecule has 0 saturated carbocycles. The van der Waals surface area contributed by atoms with E-state index in [1.807, 2.05) is 23.1 Å². The molecule has 2 aliphatic rings. The summed E-state index contributed by atoms with van der Waals surface area (Å²) in [6.07, 6.45) is 1.90. The van der Waals surface area contributed by atoms with Crippen molar-refractivity contribution in [1.82, 2.24) is 4.90 Å². The minimum atomic E-state index is -0.0458. The van der Waals surface area contributed by atoms with Gasteiger partial charge in [-0.15, -0.1) is 0 Å². The van der Waals surface area contributed by atoms with E-state index >= 15 is 0 Å². The third-order valence-electron chi connectivity index (χ3n) is 5.35. The molecule has 0 spiro atoms. The second kappa shape index (κ2) is 6.61. The van der Waals surface area contributed by atoms with Crippen LogP contribution in [0.3, 0.4) is 0 Å². The second-order valence-electron chi connectivity index (χ2n) is 7.10. The van der Waals surface area contributed by atoms with Crippen LogP contribution in [0.5, 0.6) is 11.5 Å². The van der Waals surface area contributed by atoms with Crippen LogP contribution in [0.4, 0.5) is 5.69 Å². The molecule has 1 amide bonds. The van der Waals surface area contributed by atoms with Crippen molar-refractivity contribution in [1.29, 1.82) is 0 Å². The predicted octanol–water partition coefficient (Wildman–Crippen LogP) is 1.48. The number of nitrogens with zero attached hydrogens (tertiary/aromatic N) is 2. The summed E-state index contributed by atoms with van der Waals surface area (Å²) >= 11 is 0. The highest BCUT2D eigenvalue weighted by Crippen LogP contribution is 2.35. The van der Waals surface area contributed by atoms with E-state index in [2.05, 4.69) is 11.8 Å². The van der Waals surface area contributed by atoms with Gasteiger partial charge in [0.1, 0.15) is 11.5 Å². The number of carbonyl (C=O) groups excluding carboxylic acids is 1. The van der Waals surface area contributed by atoms with Gasteiger partial charge >= 0.3 is 0 Å². The zero-order valence-electron chi connectivity index (χ0n) is 14.7. The van der Waals surface area contributed by atoms with Crippen LogP contribution in [0.2, 0.25) is 0 Å². The molecule has 2 fully saturated rings. The average Bonchev–Trinajstić information content (AvgIpc) is 3.18. The van der Waals surface area contributed by atoms with Crippen LogP contribution in [0, 0.1) is 5.41 Å². The first-order valence-corrected chi connectivity index (χ1v) is 8.48. The van der Waals surface area contributed by atoms with Gasteiger partial charge in [-0.1, -0.05) is 6.92 Å². The number of hydrogen-bond acceptors (Lipinski definition) is 5. The lowest BCUT2D eigenvalue weighted by atomic mass is 9.90. The molecule has 24 heavy (non-hydrogen) atoms. The van der Waals surface area contributed by atoms with Crippen LogP contribution < -0.4 is 20.1 Å². The van der Waals surface area contributed by atoms with Gasteiger partial charge < -0.3 is 20.1 Å². The highest BCUT2D eigenvalue weighted by molar-refractivity contribution is 5.99. The molecule has 2 saturated heterocycles. The van der Waals surface area contributed by atoms with Gasteiger partial charge in [-0.2, -0.15) is 0 Å². The molecule has 2 unspecified atom stereocenters. The van der Waals surface area contributed by atoms with E-state index in [0.29, 0.717) is 18.0 Å². The maximum Gasteiger partial charge on any atom is 0.244 e. The number of ether oxygens (including phenoxy) is 2. The highest BCUT2D eigenvalue weighted by Gasteiger charge is 2.42. The number of hydrogen-bond donors (Lipinski definition) is 1. The Morgan fingerprint density at radius 1 is 1.21 bits per heavy atom. The Hall–Kier alpha value is -1.79. The zero-order valence-corrected chi connectivity index (χ0v) is 14.7. The van der Waals surface area contributed by atoms with Crippen LogP contribution in [-0.2, 0) is 4.79 Å². The van der Waals surface area contributed by atoms with E-state index in [4.69, 9.17) is 15.2 Å². The first kappa shape index (κ1) is 17.0. The SMILES string of the molecule is COc1cc(OC)cc(N2CCC(N3CCC(C)(CN)C3)C2=O)c1. The number of likely N-dealkylation sites (tertiary alicyclic amines) is 1. The number of rotatable bonds is 5. The van der Waals surface area contributed by atoms with Gasteiger partial charge in [0.15, 0.2) is 0 Å². The van der Waals surface area contributed by atoms with Gasteiger partial charge in [-0.05, 0) is 31.3 Å². The summed E-state index contributed by atoms with van der Waals surface area (Å²) in [7, 11) is 3.23. The Labute approximate surface area is 143 Å². The minimum absolute atomic E-state index is 0.0458. The average molecular weight is 333 g/mol. The fraction of sp³-hybridized carbons (Fsp3) is 0.611. The Morgan fingerprint density at radius 3 is 2.42 bits per heavy atom. The quantitative estimate of drug-likeness (QED) is 0.884. The number of amides is 1. The second-order valence-corrected chi connectivity index (χ2v) is 7.10. The smallest absolute Gasteiger partial charge is 0.244 e. The molecular weight excluding hydrogens is 306 g/mol. The molecule has 1 aromatic rings. The largest absolute Gasteiger partial charge is 0.497 e. The molecule has 1 aromatic carbocycles. The van der Waals surface area contributed by atoms with Crippen molar-refractivity contribution in [3.63, 3.8) is 0 Å². The standard InChI is InChI=1S/C18H27N3O3/c1-18(11-19)5-7-20(12-18)16-4-6-21(17(16)22)13-8-14(23-2)10-15(9-13)24-3/h8-10,16H,4-7,11-12,19H2,1-3H3. The molecule has 2 heterocycles. The van der Waals surface area contributed by atoms with E-state index in [1.54, 1.807) is 14.2 Å². The Kier molecular flexibility index (Phi) is 4.69. The van der Waals surface area contributed by atoms with E-state index in [9.17, 15) is 4.79 Å². The molecule has 0 bridgehead atoms. The number of anilines is 1. The molecule has 3 rings (SSSR count). The van der Waals surface area contributed by atoms with Gasteiger partial charge in [-0.3, -0.25) is 9.69 Å². The third kappa shape index (κ3) is 3.08. The van der Waals surface area contributed by atoms with Crippen molar-refractivity contribution in [2.24, 2.45) is 11.1 Å². The third-order valence-corrected chi connectivity index (χ3v) is 5.35. The van der Waals surface area contributed by atoms with Gasteiger partial charge in [0.2, 0.25) is 5.91 Å². The fourth-order valence-corrected chi connectivity index (χ4v) is 3.70. The van der Waals surface area contributed by atoms with E-state index in [1.165, 1.54) is 0 Å². The zero-order chi connectivity index (χ0) is 17.3. The molecular formula is C18H27N3O3. The lowest BCUT2D eigenvalue weighted by molar-refractivity contribution is -0.121. The number of nitrogens with two attached hydrogens (primary N) is 1. The van der Waals surface area contributed by atoms with Crippen molar-refractivity contribution < 1.29 is 14.3 Å². The van der Waals surface area contributed by atoms with Crippen LogP contribution in [-0.4, -0.2) is 57.2 Å². The van der Waals surface area contributed by atoms with E-state index < -0.39 is 0 Å². The molecule has 0 aliphatic carbocycles. The normalized spacial score (nSPS) is 27.8. The van der Waals surface area contributed by atoms with Crippen molar-refractivity contribution in [2.45, 2.75) is 25.8 Å². The summed E-state index contributed by atoms with van der Waals surface area (Å²) < 4.78 is 10.6. The lowest BCUT2D eigenvalue weighted by Crippen LogP contribution is -2.42. The fourth-order valence-electron chi connectivity index (χ4n) is 3.70. The molecule has 2 N–H and O–H groups in total. The molecule has 0 aromatic heterocycles. The predicted molar refractivity (Wildman–Crippen MR) is 93.7 cm³/mol. The van der Waals surface area contributed by atoms with E-state index in [0.717, 1.165) is 38.2 Å². The van der Waals surface area contributed by atoms with Gasteiger partial charge in [-0.25, -0.2) is 0 Å². The Morgan fingerprint density at radius 2 is 1.88 bits per heavy atom. The summed E-state index contributed by atoms with van der Waals surface area (Å²) in [4.78, 5) is 17.1. The van der Waals surface area contributed by atoms with Crippen molar-refractivity contribution in [3.8, 4) is 11.5 Å². The number of benzene rings is 1. The molecule has 6 nitrogen and oxygen atoms in total. The molecule has 6 heteroatoms. The van der Waals surface area contributed by atoms with Gasteiger partial charge in [0, 0.05) is 31.3 Å². The number of carbonyl (C=O) groups is 1. The van der Waals surface area contributed by atoms with Crippen LogP contribution in [0.25, 0.3) is 0 Å². The minimum Gasteiger partial charge on any atom is -0.497 e. The first-order chi connectivity index (χ1) is 11.5. The molecule has 132 valence electrons. The van der Waals surface area contributed by atoms with E-state index in [-0.39, 0.29) is 17.4 Å². The molecule has 2 atom stereocenters. The highest BCUT2D eigenvalue weighted by atomic mass is 16.5. The summed E-state index contributed by atoms with van der Waals surface area (Å²) in [5, 5.41) is 0. The van der Waals surface area contributed by atoms with Crippen molar-refractivity contribution in [2.75, 3.05) is 45.3 Å². The summed E-state index contributed by atoms with van der Waals surface area (Å²) in [6.45, 7) is 5.43. The van der Waals surface area contributed by atoms with Crippen LogP contribution >= 0.6 is 0 Å². The summed E-state index contributed by atoms with van der Waals surface area (Å²) in [5.41, 5.74) is 6.86. The first-order valence-electron chi connectivity index (χ1n) is 8.48. The monoisotopic (exact) mass is 333 g/mol. The van der Waals surface area contributed by atoms with Crippen LogP contribution in [0.15, 0.2) is 18.2 Å². The van der Waals surface area contributed by atoms with Gasteiger partial charge in [0.05, 0.1) is 25.9 Å². The Bertz CT molecular complexity index is 599. The Balaban J connectivity index is 1.77. The maximum atomic E-state index is 13.0. The van der Waals surface area contributed by atoms with Gasteiger partial charge in [0.25, 0.3) is 0 Å². The molecule has 2 aliphatic heterocycles. The molecule has 0 radical (unpaired) electrons. The number of methoxy groups -OCH3 is 2. The lowest BCUT2D eigenvalue weighted by Gasteiger charge is -2.26. The van der Waals surface area contributed by atoms with Crippen molar-refractivity contribution >= 4 is 11.6 Å². The van der Waals surface area contributed by atoms with Crippen molar-refractivity contribution in [3.05, 3.63) is 18.2 Å². The maximum absolute atomic E-state index is 13.0. The van der Waals surface area contributed by atoms with Crippen LogP contribution in [0.1, 0.15) is 19.8 Å². The summed E-state index contributed by atoms with van der Waals surface area (Å²) in [6, 6.07) is 5.54. The summed E-state index contributed by atoms with van der Waals surface area (Å²) in [5.74, 6) is 1.54. The topological polar surface area (TPSA) is 68.0 Å².